The van der Waals surface area contributed by atoms with Crippen LogP contribution in [0.1, 0.15) is 57.8 Å². The molecule has 1 atom stereocenters. The first kappa shape index (κ1) is 11.5. The van der Waals surface area contributed by atoms with Gasteiger partial charge in [-0.25, -0.2) is 0 Å². The van der Waals surface area contributed by atoms with Crippen LogP contribution in [0, 0.1) is 11.3 Å². The third kappa shape index (κ3) is 1.70. The number of ether oxygens (including phenoxy) is 1. The van der Waals surface area contributed by atoms with E-state index < -0.39 is 11.4 Å². The van der Waals surface area contributed by atoms with E-state index in [1.807, 2.05) is 0 Å². The normalized spacial score (nSPS) is 34.5. The summed E-state index contributed by atoms with van der Waals surface area (Å²) in [7, 11) is 0. The molecule has 1 unspecified atom stereocenters. The van der Waals surface area contributed by atoms with Gasteiger partial charge in [0.25, 0.3) is 0 Å². The maximum atomic E-state index is 11.7. The lowest BCUT2D eigenvalue weighted by Gasteiger charge is -2.50. The minimum atomic E-state index is -0.545. The second kappa shape index (κ2) is 3.98. The zero-order valence-corrected chi connectivity index (χ0v) is 10.4. The third-order valence-electron chi connectivity index (χ3n) is 5.46. The van der Waals surface area contributed by atoms with Crippen molar-refractivity contribution in [3.8, 4) is 0 Å². The summed E-state index contributed by atoms with van der Waals surface area (Å²) in [5, 5.41) is 9.64. The molecule has 0 radical (unpaired) electrons. The van der Waals surface area contributed by atoms with Crippen LogP contribution in [0.2, 0.25) is 0 Å². The number of rotatable bonds is 2. The first-order chi connectivity index (χ1) is 8.17. The van der Waals surface area contributed by atoms with E-state index >= 15 is 0 Å². The van der Waals surface area contributed by atoms with Gasteiger partial charge in [0.1, 0.15) is 0 Å². The number of hydrogen-bond acceptors (Lipinski definition) is 2. The van der Waals surface area contributed by atoms with Gasteiger partial charge in [-0.3, -0.25) is 4.79 Å². The van der Waals surface area contributed by atoms with Crippen LogP contribution in [-0.2, 0) is 9.53 Å². The second-order valence-electron chi connectivity index (χ2n) is 6.24. The minimum Gasteiger partial charge on any atom is -0.481 e. The molecule has 0 amide bonds. The molecule has 3 aliphatic rings. The van der Waals surface area contributed by atoms with Gasteiger partial charge < -0.3 is 9.84 Å². The summed E-state index contributed by atoms with van der Waals surface area (Å²) in [5.74, 6) is -0.187. The molecule has 2 aliphatic carbocycles. The van der Waals surface area contributed by atoms with Gasteiger partial charge in [0.2, 0.25) is 0 Å². The van der Waals surface area contributed by atoms with Gasteiger partial charge >= 0.3 is 5.97 Å². The molecule has 0 bridgehead atoms. The molecule has 2 saturated carbocycles. The van der Waals surface area contributed by atoms with Crippen LogP contribution in [0.3, 0.4) is 0 Å². The van der Waals surface area contributed by atoms with Crippen molar-refractivity contribution in [3.63, 3.8) is 0 Å². The van der Waals surface area contributed by atoms with Crippen molar-refractivity contribution in [1.29, 1.82) is 0 Å². The molecule has 0 aromatic heterocycles. The highest BCUT2D eigenvalue weighted by molar-refractivity contribution is 5.75. The van der Waals surface area contributed by atoms with Crippen molar-refractivity contribution in [2.24, 2.45) is 11.3 Å². The Hall–Kier alpha value is -0.570. The van der Waals surface area contributed by atoms with Crippen LogP contribution >= 0.6 is 0 Å². The van der Waals surface area contributed by atoms with Crippen LogP contribution in [0.25, 0.3) is 0 Å². The predicted octanol–water partition coefficient (Wildman–Crippen LogP) is 2.98. The van der Waals surface area contributed by atoms with E-state index in [2.05, 4.69) is 0 Å². The first-order valence-electron chi connectivity index (χ1n) is 7.04. The average Bonchev–Trinajstić information content (AvgIpc) is 2.77. The largest absolute Gasteiger partial charge is 0.481 e. The molecular formula is C14H22O3. The van der Waals surface area contributed by atoms with Crippen molar-refractivity contribution < 1.29 is 14.6 Å². The molecule has 3 rings (SSSR count). The number of aliphatic carboxylic acids is 1. The summed E-state index contributed by atoms with van der Waals surface area (Å²) in [4.78, 5) is 11.7. The van der Waals surface area contributed by atoms with Crippen molar-refractivity contribution in [1.82, 2.24) is 0 Å². The average molecular weight is 238 g/mol. The molecule has 3 nitrogen and oxygen atoms in total. The van der Waals surface area contributed by atoms with Gasteiger partial charge in [-0.1, -0.05) is 12.8 Å². The van der Waals surface area contributed by atoms with Crippen LogP contribution in [0.5, 0.6) is 0 Å². The molecule has 3 fully saturated rings. The van der Waals surface area contributed by atoms with Gasteiger partial charge in [0, 0.05) is 6.61 Å². The van der Waals surface area contributed by atoms with Gasteiger partial charge in [-0.2, -0.15) is 0 Å². The van der Waals surface area contributed by atoms with E-state index in [9.17, 15) is 9.90 Å². The van der Waals surface area contributed by atoms with E-state index in [0.29, 0.717) is 5.92 Å². The van der Waals surface area contributed by atoms with Crippen LogP contribution in [0.15, 0.2) is 0 Å². The lowest BCUT2D eigenvalue weighted by molar-refractivity contribution is -0.176. The summed E-state index contributed by atoms with van der Waals surface area (Å²) < 4.78 is 5.92. The Bertz CT molecular complexity index is 313. The Morgan fingerprint density at radius 2 is 1.82 bits per heavy atom. The van der Waals surface area contributed by atoms with E-state index in [1.165, 1.54) is 6.42 Å². The zero-order valence-electron chi connectivity index (χ0n) is 10.4. The molecule has 3 heteroatoms. The fraction of sp³-hybridized carbons (Fsp3) is 0.929. The number of carboxylic acids is 1. The van der Waals surface area contributed by atoms with E-state index in [0.717, 1.165) is 58.0 Å². The van der Waals surface area contributed by atoms with Crippen molar-refractivity contribution >= 4 is 5.97 Å². The Morgan fingerprint density at radius 3 is 2.35 bits per heavy atom. The van der Waals surface area contributed by atoms with Gasteiger partial charge in [-0.15, -0.1) is 0 Å². The SMILES string of the molecule is O=C(O)C1(C2CCOC3(CCC3)C2)CCCC1. The second-order valence-corrected chi connectivity index (χ2v) is 6.24. The molecular weight excluding hydrogens is 216 g/mol. The highest BCUT2D eigenvalue weighted by atomic mass is 16.5. The Labute approximate surface area is 103 Å². The summed E-state index contributed by atoms with van der Waals surface area (Å²) in [6.07, 6.45) is 9.48. The monoisotopic (exact) mass is 238 g/mol. The van der Waals surface area contributed by atoms with Crippen LogP contribution < -0.4 is 0 Å². The van der Waals surface area contributed by atoms with Crippen molar-refractivity contribution in [2.75, 3.05) is 6.61 Å². The Kier molecular flexibility index (Phi) is 2.69. The number of hydrogen-bond donors (Lipinski definition) is 1. The molecule has 96 valence electrons. The van der Waals surface area contributed by atoms with Gasteiger partial charge in [0.05, 0.1) is 11.0 Å². The van der Waals surface area contributed by atoms with Gasteiger partial charge in [0.15, 0.2) is 0 Å². The molecule has 1 saturated heterocycles. The summed E-state index contributed by atoms with van der Waals surface area (Å²) in [5.41, 5.74) is -0.333. The van der Waals surface area contributed by atoms with Crippen LogP contribution in [0.4, 0.5) is 0 Å². The van der Waals surface area contributed by atoms with Crippen molar-refractivity contribution in [2.45, 2.75) is 63.4 Å². The quantitative estimate of drug-likeness (QED) is 0.804. The molecule has 17 heavy (non-hydrogen) atoms. The smallest absolute Gasteiger partial charge is 0.309 e. The van der Waals surface area contributed by atoms with E-state index in [4.69, 9.17) is 4.74 Å². The molecule has 0 aromatic rings. The van der Waals surface area contributed by atoms with Crippen LogP contribution in [-0.4, -0.2) is 23.3 Å². The highest BCUT2D eigenvalue weighted by Gasteiger charge is 2.53. The summed E-state index contributed by atoms with van der Waals surface area (Å²) in [6, 6.07) is 0. The molecule has 1 spiro atoms. The molecule has 1 heterocycles. The first-order valence-corrected chi connectivity index (χ1v) is 7.04. The fourth-order valence-electron chi connectivity index (χ4n) is 4.22. The minimum absolute atomic E-state index is 0.0773. The third-order valence-corrected chi connectivity index (χ3v) is 5.46. The lowest BCUT2D eigenvalue weighted by Crippen LogP contribution is -2.50. The molecule has 1 N–H and O–H groups in total. The number of carbonyl (C=O) groups is 1. The number of carboxylic acid groups (broad SMARTS) is 1. The molecule has 0 aromatic carbocycles. The van der Waals surface area contributed by atoms with E-state index in [-0.39, 0.29) is 5.60 Å². The standard InChI is InChI=1S/C14H22O3/c15-12(16)14(7-1-2-8-14)11-4-9-17-13(10-11)5-3-6-13/h11H,1-10H2,(H,15,16). The lowest BCUT2D eigenvalue weighted by atomic mass is 9.63. The predicted molar refractivity (Wildman–Crippen MR) is 63.8 cm³/mol. The van der Waals surface area contributed by atoms with Gasteiger partial charge in [-0.05, 0) is 50.9 Å². The summed E-state index contributed by atoms with van der Waals surface area (Å²) in [6.45, 7) is 0.777. The Balaban J connectivity index is 1.79. The highest BCUT2D eigenvalue weighted by Crippen LogP contribution is 2.54. The topological polar surface area (TPSA) is 46.5 Å². The Morgan fingerprint density at radius 1 is 1.12 bits per heavy atom. The fourth-order valence-corrected chi connectivity index (χ4v) is 4.22. The summed E-state index contributed by atoms with van der Waals surface area (Å²) >= 11 is 0. The van der Waals surface area contributed by atoms with E-state index in [1.54, 1.807) is 0 Å². The van der Waals surface area contributed by atoms with Crippen molar-refractivity contribution in [3.05, 3.63) is 0 Å². The maximum absolute atomic E-state index is 11.7. The maximum Gasteiger partial charge on any atom is 0.309 e. The molecule has 1 aliphatic heterocycles. The zero-order chi connectivity index (χ0) is 11.9.